The van der Waals surface area contributed by atoms with Gasteiger partial charge in [0.05, 0.1) is 17.7 Å². The third-order valence-corrected chi connectivity index (χ3v) is 3.19. The summed E-state index contributed by atoms with van der Waals surface area (Å²) in [6.07, 6.45) is 1.81. The Bertz CT molecular complexity index is 747. The monoisotopic (exact) mass is 258 g/mol. The van der Waals surface area contributed by atoms with Gasteiger partial charge in [-0.05, 0) is 35.7 Å². The molecule has 0 aliphatic carbocycles. The van der Waals surface area contributed by atoms with Crippen molar-refractivity contribution in [1.82, 2.24) is 4.57 Å². The molecule has 0 amide bonds. The zero-order chi connectivity index (χ0) is 13.4. The van der Waals surface area contributed by atoms with Gasteiger partial charge in [-0.25, -0.2) is 8.78 Å². The predicted molar refractivity (Wildman–Crippen MR) is 71.8 cm³/mol. The molecule has 3 aromatic rings. The smallest absolute Gasteiger partial charge is 0.151 e. The van der Waals surface area contributed by atoms with Crippen LogP contribution in [0.25, 0.3) is 10.9 Å². The van der Waals surface area contributed by atoms with E-state index < -0.39 is 5.82 Å². The van der Waals surface area contributed by atoms with Crippen molar-refractivity contribution in [3.63, 3.8) is 0 Å². The van der Waals surface area contributed by atoms with E-state index in [1.807, 2.05) is 12.3 Å². The molecule has 1 heterocycles. The number of aromatic nitrogens is 1. The van der Waals surface area contributed by atoms with Crippen LogP contribution in [0.3, 0.4) is 0 Å². The first-order chi connectivity index (χ1) is 9.15. The standard InChI is InChI=1S/C15H12F2N2/c16-12-5-4-10-6-7-19(14(10)8-12)9-11-2-1-3-13(18)15(11)17/h1-8H,9,18H2. The van der Waals surface area contributed by atoms with Crippen molar-refractivity contribution >= 4 is 16.6 Å². The molecule has 0 saturated carbocycles. The zero-order valence-electron chi connectivity index (χ0n) is 10.1. The number of fused-ring (bicyclic) bond motifs is 1. The van der Waals surface area contributed by atoms with Gasteiger partial charge in [-0.3, -0.25) is 0 Å². The van der Waals surface area contributed by atoms with Crippen molar-refractivity contribution in [3.05, 3.63) is 65.9 Å². The van der Waals surface area contributed by atoms with Crippen LogP contribution in [0.2, 0.25) is 0 Å². The summed E-state index contributed by atoms with van der Waals surface area (Å²) >= 11 is 0. The number of hydrogen-bond acceptors (Lipinski definition) is 1. The van der Waals surface area contributed by atoms with Crippen LogP contribution >= 0.6 is 0 Å². The maximum Gasteiger partial charge on any atom is 0.151 e. The van der Waals surface area contributed by atoms with Crippen LogP contribution in [0.5, 0.6) is 0 Å². The van der Waals surface area contributed by atoms with Crippen molar-refractivity contribution < 1.29 is 8.78 Å². The Morgan fingerprint density at radius 2 is 1.89 bits per heavy atom. The number of anilines is 1. The summed E-state index contributed by atoms with van der Waals surface area (Å²) in [6.45, 7) is 0.323. The Morgan fingerprint density at radius 1 is 1.05 bits per heavy atom. The van der Waals surface area contributed by atoms with Crippen LogP contribution in [0.1, 0.15) is 5.56 Å². The number of nitrogen functional groups attached to an aromatic ring is 1. The van der Waals surface area contributed by atoms with Crippen molar-refractivity contribution in [3.8, 4) is 0 Å². The number of nitrogens with zero attached hydrogens (tertiary/aromatic N) is 1. The number of benzene rings is 2. The van der Waals surface area contributed by atoms with Crippen LogP contribution in [0.4, 0.5) is 14.5 Å². The Kier molecular flexibility index (Phi) is 2.71. The van der Waals surface area contributed by atoms with E-state index in [0.29, 0.717) is 12.1 Å². The second-order valence-electron chi connectivity index (χ2n) is 4.47. The minimum atomic E-state index is -0.416. The maximum atomic E-state index is 13.9. The maximum absolute atomic E-state index is 13.9. The molecular weight excluding hydrogens is 246 g/mol. The summed E-state index contributed by atoms with van der Waals surface area (Å²) in [4.78, 5) is 0. The predicted octanol–water partition coefficient (Wildman–Crippen LogP) is 3.55. The summed E-state index contributed by atoms with van der Waals surface area (Å²) < 4.78 is 28.9. The highest BCUT2D eigenvalue weighted by Crippen LogP contribution is 2.21. The fraction of sp³-hybridized carbons (Fsp3) is 0.0667. The Morgan fingerprint density at radius 3 is 2.74 bits per heavy atom. The van der Waals surface area contributed by atoms with Gasteiger partial charge in [0, 0.05) is 11.8 Å². The molecule has 0 saturated heterocycles. The molecule has 0 radical (unpaired) electrons. The lowest BCUT2D eigenvalue weighted by molar-refractivity contribution is 0.606. The highest BCUT2D eigenvalue weighted by Gasteiger charge is 2.08. The fourth-order valence-electron chi connectivity index (χ4n) is 2.20. The van der Waals surface area contributed by atoms with Gasteiger partial charge < -0.3 is 10.3 Å². The van der Waals surface area contributed by atoms with Gasteiger partial charge in [0.15, 0.2) is 5.82 Å². The van der Waals surface area contributed by atoms with Gasteiger partial charge >= 0.3 is 0 Å². The second-order valence-corrected chi connectivity index (χ2v) is 4.47. The molecule has 0 atom stereocenters. The third kappa shape index (κ3) is 2.05. The van der Waals surface area contributed by atoms with E-state index in [2.05, 4.69) is 0 Å². The number of halogens is 2. The molecule has 2 N–H and O–H groups in total. The van der Waals surface area contributed by atoms with E-state index in [4.69, 9.17) is 5.73 Å². The third-order valence-electron chi connectivity index (χ3n) is 3.19. The summed E-state index contributed by atoms with van der Waals surface area (Å²) in [6, 6.07) is 11.3. The molecule has 96 valence electrons. The molecule has 2 nitrogen and oxygen atoms in total. The van der Waals surface area contributed by atoms with Gasteiger partial charge in [-0.2, -0.15) is 0 Å². The van der Waals surface area contributed by atoms with Crippen molar-refractivity contribution in [2.75, 3.05) is 5.73 Å². The molecule has 0 spiro atoms. The summed E-state index contributed by atoms with van der Waals surface area (Å²) in [5.74, 6) is -0.721. The first-order valence-corrected chi connectivity index (χ1v) is 5.92. The highest BCUT2D eigenvalue weighted by atomic mass is 19.1. The van der Waals surface area contributed by atoms with Crippen molar-refractivity contribution in [1.29, 1.82) is 0 Å². The van der Waals surface area contributed by atoms with E-state index in [9.17, 15) is 8.78 Å². The molecule has 0 bridgehead atoms. The minimum absolute atomic E-state index is 0.125. The second kappa shape index (κ2) is 4.39. The normalized spacial score (nSPS) is 11.1. The van der Waals surface area contributed by atoms with Crippen LogP contribution in [0, 0.1) is 11.6 Å². The van der Waals surface area contributed by atoms with Crippen molar-refractivity contribution in [2.24, 2.45) is 0 Å². The molecule has 0 fully saturated rings. The van der Waals surface area contributed by atoms with Crippen molar-refractivity contribution in [2.45, 2.75) is 6.54 Å². The molecule has 0 aliphatic heterocycles. The van der Waals surface area contributed by atoms with E-state index >= 15 is 0 Å². The quantitative estimate of drug-likeness (QED) is 0.700. The van der Waals surface area contributed by atoms with Gasteiger partial charge in [-0.15, -0.1) is 0 Å². The van der Waals surface area contributed by atoms with Crippen LogP contribution in [0.15, 0.2) is 48.7 Å². The topological polar surface area (TPSA) is 30.9 Å². The molecule has 0 aliphatic rings. The minimum Gasteiger partial charge on any atom is -0.396 e. The first-order valence-electron chi connectivity index (χ1n) is 5.92. The molecule has 3 rings (SSSR count). The number of hydrogen-bond donors (Lipinski definition) is 1. The van der Waals surface area contributed by atoms with E-state index in [1.165, 1.54) is 18.2 Å². The lowest BCUT2D eigenvalue weighted by atomic mass is 10.2. The number of nitrogens with two attached hydrogens (primary N) is 1. The lowest BCUT2D eigenvalue weighted by Crippen LogP contribution is -2.03. The van der Waals surface area contributed by atoms with Gasteiger partial charge in [0.25, 0.3) is 0 Å². The van der Waals surface area contributed by atoms with E-state index in [0.717, 1.165) is 10.9 Å². The Hall–Kier alpha value is -2.36. The summed E-state index contributed by atoms with van der Waals surface area (Å²) in [5, 5.41) is 0.922. The fourth-order valence-corrected chi connectivity index (χ4v) is 2.20. The van der Waals surface area contributed by atoms with Crippen LogP contribution in [-0.2, 0) is 6.54 Å². The van der Waals surface area contributed by atoms with Gasteiger partial charge in [0.1, 0.15) is 5.82 Å². The average Bonchev–Trinajstić information content (AvgIpc) is 2.78. The average molecular weight is 258 g/mol. The number of rotatable bonds is 2. The summed E-state index contributed by atoms with van der Waals surface area (Å²) in [5.41, 5.74) is 6.89. The zero-order valence-corrected chi connectivity index (χ0v) is 10.1. The first kappa shape index (κ1) is 11.7. The Balaban J connectivity index is 2.06. The highest BCUT2D eigenvalue weighted by molar-refractivity contribution is 5.80. The molecule has 19 heavy (non-hydrogen) atoms. The van der Waals surface area contributed by atoms with E-state index in [-0.39, 0.29) is 11.5 Å². The molecule has 0 unspecified atom stereocenters. The molecule has 4 heteroatoms. The SMILES string of the molecule is Nc1cccc(Cn2ccc3ccc(F)cc32)c1F. The largest absolute Gasteiger partial charge is 0.396 e. The Labute approximate surface area is 109 Å². The van der Waals surface area contributed by atoms with Crippen LogP contribution in [-0.4, -0.2) is 4.57 Å². The summed E-state index contributed by atoms with van der Waals surface area (Å²) in [7, 11) is 0. The van der Waals surface area contributed by atoms with Gasteiger partial charge in [0.2, 0.25) is 0 Å². The molecule has 1 aromatic heterocycles. The van der Waals surface area contributed by atoms with Crippen LogP contribution < -0.4 is 5.73 Å². The molecular formula is C15H12F2N2. The molecule has 2 aromatic carbocycles. The van der Waals surface area contributed by atoms with E-state index in [1.54, 1.807) is 22.8 Å². The lowest BCUT2D eigenvalue weighted by Gasteiger charge is -2.08. The van der Waals surface area contributed by atoms with Gasteiger partial charge in [-0.1, -0.05) is 12.1 Å².